The molecular formula is C48H59N3O6. The van der Waals surface area contributed by atoms with Gasteiger partial charge in [-0.25, -0.2) is 0 Å². The van der Waals surface area contributed by atoms with Crippen LogP contribution in [0, 0.1) is 17.8 Å². The van der Waals surface area contributed by atoms with Gasteiger partial charge in [-0.1, -0.05) is 119 Å². The summed E-state index contributed by atoms with van der Waals surface area (Å²) in [5, 5.41) is 24.9. The molecule has 57 heavy (non-hydrogen) atoms. The summed E-state index contributed by atoms with van der Waals surface area (Å²) in [5.74, 6) is 0.106. The Kier molecular flexibility index (Phi) is 15.5. The number of hydrogen-bond acceptors (Lipinski definition) is 6. The van der Waals surface area contributed by atoms with Gasteiger partial charge in [0.05, 0.1) is 32.8 Å². The van der Waals surface area contributed by atoms with Crippen molar-refractivity contribution >= 4 is 39.3 Å². The zero-order valence-electron chi connectivity index (χ0n) is 34.2. The zero-order valence-corrected chi connectivity index (χ0v) is 34.2. The third-order valence-corrected chi connectivity index (χ3v) is 10.5. The molecule has 9 heteroatoms. The van der Waals surface area contributed by atoms with Gasteiger partial charge in [-0.05, 0) is 94.3 Å². The standard InChI is InChI=1S/C48H59N3O6/c1-31(2)25-41(43(52)30-46(53)49-24-23-33-21-22-44(56-5)45(27-33)57-6)50-48(55)42(26-32(3)4)51-47(54)38(28-36-17-11-15-34-13-7-9-19-39(34)36)29-37-18-12-16-35-14-8-10-20-40(35)37/h7-22,27,31-32,38,41-43,52H,23-26,28-30H2,1-6H3,(H,49,53)(H,50,55)(H,51,54)/t41-,42-,43-/m0/s1. The maximum absolute atomic E-state index is 14.5. The summed E-state index contributed by atoms with van der Waals surface area (Å²) in [6.07, 6.45) is 1.10. The fourth-order valence-corrected chi connectivity index (χ4v) is 7.61. The molecule has 3 atom stereocenters. The van der Waals surface area contributed by atoms with Crippen LogP contribution in [0.5, 0.6) is 11.5 Å². The summed E-state index contributed by atoms with van der Waals surface area (Å²) in [5.41, 5.74) is 3.11. The normalized spacial score (nSPS) is 13.1. The van der Waals surface area contributed by atoms with Gasteiger partial charge in [0.25, 0.3) is 0 Å². The first-order valence-corrected chi connectivity index (χ1v) is 20.1. The zero-order chi connectivity index (χ0) is 40.9. The molecule has 0 saturated heterocycles. The van der Waals surface area contributed by atoms with E-state index in [1.54, 1.807) is 14.2 Å². The van der Waals surface area contributed by atoms with Crippen molar-refractivity contribution in [3.05, 3.63) is 120 Å². The molecule has 0 aliphatic rings. The van der Waals surface area contributed by atoms with Gasteiger partial charge in [0.15, 0.2) is 11.5 Å². The van der Waals surface area contributed by atoms with Gasteiger partial charge in [0.1, 0.15) is 6.04 Å². The number of aliphatic hydroxyl groups is 1. The molecule has 0 aromatic heterocycles. The molecule has 0 heterocycles. The topological polar surface area (TPSA) is 126 Å². The van der Waals surface area contributed by atoms with Gasteiger partial charge in [-0.3, -0.25) is 14.4 Å². The molecule has 0 aliphatic heterocycles. The summed E-state index contributed by atoms with van der Waals surface area (Å²) in [6, 6.07) is 32.8. The van der Waals surface area contributed by atoms with Gasteiger partial charge in [-0.2, -0.15) is 0 Å². The lowest BCUT2D eigenvalue weighted by Gasteiger charge is -2.29. The van der Waals surface area contributed by atoms with E-state index in [0.29, 0.717) is 50.1 Å². The van der Waals surface area contributed by atoms with Crippen LogP contribution in [0.25, 0.3) is 21.5 Å². The highest BCUT2D eigenvalue weighted by atomic mass is 16.5. The van der Waals surface area contributed by atoms with Crippen molar-refractivity contribution in [2.24, 2.45) is 17.8 Å². The van der Waals surface area contributed by atoms with Crippen molar-refractivity contribution in [2.75, 3.05) is 20.8 Å². The number of fused-ring (bicyclic) bond motifs is 2. The predicted octanol–water partition coefficient (Wildman–Crippen LogP) is 7.58. The van der Waals surface area contributed by atoms with E-state index in [9.17, 15) is 19.5 Å². The first-order valence-electron chi connectivity index (χ1n) is 20.1. The maximum Gasteiger partial charge on any atom is 0.242 e. The van der Waals surface area contributed by atoms with Crippen LogP contribution in [0.15, 0.2) is 103 Å². The Morgan fingerprint density at radius 1 is 0.649 bits per heavy atom. The lowest BCUT2D eigenvalue weighted by molar-refractivity contribution is -0.132. The van der Waals surface area contributed by atoms with E-state index >= 15 is 0 Å². The van der Waals surface area contributed by atoms with Gasteiger partial charge < -0.3 is 30.5 Å². The number of carbonyl (C=O) groups is 3. The summed E-state index contributed by atoms with van der Waals surface area (Å²) in [6.45, 7) is 8.41. The molecule has 5 aromatic rings. The molecule has 3 amide bonds. The largest absolute Gasteiger partial charge is 0.493 e. The van der Waals surface area contributed by atoms with Crippen LogP contribution in [0.2, 0.25) is 0 Å². The number of nitrogens with one attached hydrogen (secondary N) is 3. The molecule has 0 saturated carbocycles. The third-order valence-electron chi connectivity index (χ3n) is 10.5. The Bertz CT molecular complexity index is 2020. The van der Waals surface area contributed by atoms with Crippen molar-refractivity contribution in [3.8, 4) is 11.5 Å². The van der Waals surface area contributed by atoms with Crippen molar-refractivity contribution < 1.29 is 29.0 Å². The molecule has 0 bridgehead atoms. The number of benzene rings is 5. The van der Waals surface area contributed by atoms with Gasteiger partial charge in [0.2, 0.25) is 17.7 Å². The Balaban J connectivity index is 1.30. The minimum Gasteiger partial charge on any atom is -0.493 e. The Labute approximate surface area is 337 Å². The van der Waals surface area contributed by atoms with E-state index in [1.807, 2.05) is 82.3 Å². The van der Waals surface area contributed by atoms with Crippen LogP contribution >= 0.6 is 0 Å². The van der Waals surface area contributed by atoms with Gasteiger partial charge in [0, 0.05) is 12.5 Å². The molecule has 0 unspecified atom stereocenters. The van der Waals surface area contributed by atoms with Crippen LogP contribution in [0.3, 0.4) is 0 Å². The van der Waals surface area contributed by atoms with Crippen molar-refractivity contribution in [1.82, 2.24) is 16.0 Å². The molecule has 0 aliphatic carbocycles. The molecule has 5 rings (SSSR count). The smallest absolute Gasteiger partial charge is 0.242 e. The van der Waals surface area contributed by atoms with Crippen LogP contribution in [0.1, 0.15) is 63.6 Å². The number of hydrogen-bond donors (Lipinski definition) is 4. The monoisotopic (exact) mass is 773 g/mol. The summed E-state index contributed by atoms with van der Waals surface area (Å²) in [4.78, 5) is 41.7. The van der Waals surface area contributed by atoms with Crippen LogP contribution in [-0.4, -0.2) is 61.8 Å². The number of rotatable bonds is 20. The highest BCUT2D eigenvalue weighted by Gasteiger charge is 2.31. The third kappa shape index (κ3) is 12.0. The summed E-state index contributed by atoms with van der Waals surface area (Å²) < 4.78 is 10.7. The highest BCUT2D eigenvalue weighted by Crippen LogP contribution is 2.29. The van der Waals surface area contributed by atoms with E-state index in [2.05, 4.69) is 64.5 Å². The fourth-order valence-electron chi connectivity index (χ4n) is 7.61. The molecule has 0 radical (unpaired) electrons. The van der Waals surface area contributed by atoms with Crippen LogP contribution in [0.4, 0.5) is 0 Å². The molecule has 0 fully saturated rings. The molecule has 9 nitrogen and oxygen atoms in total. The maximum atomic E-state index is 14.5. The summed E-state index contributed by atoms with van der Waals surface area (Å²) >= 11 is 0. The first kappa shape index (κ1) is 42.7. The second-order valence-electron chi connectivity index (χ2n) is 15.9. The summed E-state index contributed by atoms with van der Waals surface area (Å²) in [7, 11) is 3.16. The lowest BCUT2D eigenvalue weighted by atomic mass is 9.87. The first-order chi connectivity index (χ1) is 27.4. The van der Waals surface area contributed by atoms with E-state index in [0.717, 1.165) is 38.2 Å². The van der Waals surface area contributed by atoms with Crippen LogP contribution < -0.4 is 25.4 Å². The van der Waals surface area contributed by atoms with Crippen molar-refractivity contribution in [3.63, 3.8) is 0 Å². The van der Waals surface area contributed by atoms with E-state index in [1.165, 1.54) is 0 Å². The Morgan fingerprint density at radius 3 is 1.77 bits per heavy atom. The average Bonchev–Trinajstić information content (AvgIpc) is 3.19. The highest BCUT2D eigenvalue weighted by molar-refractivity contribution is 5.91. The second kappa shape index (κ2) is 20.7. The minimum absolute atomic E-state index is 0.0977. The van der Waals surface area contributed by atoms with Crippen molar-refractivity contribution in [1.29, 1.82) is 0 Å². The average molecular weight is 774 g/mol. The fraction of sp³-hybridized carbons (Fsp3) is 0.396. The molecule has 5 aromatic carbocycles. The SMILES string of the molecule is COc1ccc(CCNC(=O)C[C@H](O)[C@H](CC(C)C)NC(=O)[C@H](CC(C)C)NC(=O)C(Cc2cccc3ccccc23)Cc2cccc3ccccc23)cc1OC. The number of carbonyl (C=O) groups excluding carboxylic acids is 3. The Morgan fingerprint density at radius 2 is 1.21 bits per heavy atom. The number of amides is 3. The second-order valence-corrected chi connectivity index (χ2v) is 15.9. The van der Waals surface area contributed by atoms with E-state index < -0.39 is 24.1 Å². The molecular weight excluding hydrogens is 715 g/mol. The van der Waals surface area contributed by atoms with E-state index in [4.69, 9.17) is 9.47 Å². The van der Waals surface area contributed by atoms with Crippen molar-refractivity contribution in [2.45, 2.75) is 84.4 Å². The van der Waals surface area contributed by atoms with E-state index in [-0.39, 0.29) is 36.0 Å². The van der Waals surface area contributed by atoms with Gasteiger partial charge >= 0.3 is 0 Å². The lowest BCUT2D eigenvalue weighted by Crippen LogP contribution is -2.54. The predicted molar refractivity (Wildman–Crippen MR) is 228 cm³/mol. The van der Waals surface area contributed by atoms with Gasteiger partial charge in [-0.15, -0.1) is 0 Å². The molecule has 0 spiro atoms. The number of ether oxygens (including phenoxy) is 2. The minimum atomic E-state index is -1.13. The number of methoxy groups -OCH3 is 2. The molecule has 4 N–H and O–H groups in total. The Hall–Kier alpha value is -5.41. The molecule has 302 valence electrons. The van der Waals surface area contributed by atoms with Crippen LogP contribution in [-0.2, 0) is 33.6 Å². The number of aliphatic hydroxyl groups excluding tert-OH is 1. The quantitative estimate of drug-likeness (QED) is 0.0647.